The van der Waals surface area contributed by atoms with E-state index in [0.717, 1.165) is 49.8 Å². The van der Waals surface area contributed by atoms with Gasteiger partial charge in [0, 0.05) is 56.6 Å². The predicted molar refractivity (Wildman–Crippen MR) is 118 cm³/mol. The first kappa shape index (κ1) is 18.6. The van der Waals surface area contributed by atoms with Crippen LogP contribution in [-0.2, 0) is 13.0 Å². The number of anilines is 2. The average molecular weight is 400 g/mol. The minimum Gasteiger partial charge on any atom is -0.369 e. The van der Waals surface area contributed by atoms with Gasteiger partial charge in [0.05, 0.1) is 0 Å². The molecule has 0 aliphatic carbocycles. The number of para-hydroxylation sites is 1. The Morgan fingerprint density at radius 2 is 1.57 bits per heavy atom. The molecule has 7 nitrogen and oxygen atoms in total. The molecule has 0 radical (unpaired) electrons. The topological polar surface area (TPSA) is 75.6 Å². The Balaban J connectivity index is 1.32. The van der Waals surface area contributed by atoms with E-state index in [0.29, 0.717) is 12.4 Å². The molecular formula is C23H25N7. The Kier molecular flexibility index (Phi) is 5.03. The summed E-state index contributed by atoms with van der Waals surface area (Å²) in [6, 6.07) is 20.8. The van der Waals surface area contributed by atoms with Crippen molar-refractivity contribution in [2.75, 3.05) is 36.8 Å². The summed E-state index contributed by atoms with van der Waals surface area (Å²) in [5.41, 5.74) is 10.4. The van der Waals surface area contributed by atoms with Crippen molar-refractivity contribution in [3.63, 3.8) is 0 Å². The number of nitrogens with two attached hydrogens (primary N) is 1. The third-order valence-electron chi connectivity index (χ3n) is 5.60. The van der Waals surface area contributed by atoms with E-state index in [1.54, 1.807) is 4.52 Å². The molecule has 2 aromatic heterocycles. The minimum absolute atomic E-state index is 0.370. The van der Waals surface area contributed by atoms with E-state index in [1.165, 1.54) is 11.3 Å². The molecule has 1 saturated heterocycles. The highest BCUT2D eigenvalue weighted by Crippen LogP contribution is 2.19. The molecule has 0 amide bonds. The second-order valence-corrected chi connectivity index (χ2v) is 7.67. The smallest absolute Gasteiger partial charge is 0.223 e. The van der Waals surface area contributed by atoms with Gasteiger partial charge in [0.25, 0.3) is 0 Å². The lowest BCUT2D eigenvalue weighted by atomic mass is 10.1. The van der Waals surface area contributed by atoms with Gasteiger partial charge < -0.3 is 10.6 Å². The highest BCUT2D eigenvalue weighted by Gasteiger charge is 2.20. The highest BCUT2D eigenvalue weighted by molar-refractivity contribution is 5.50. The minimum atomic E-state index is 0.370. The lowest BCUT2D eigenvalue weighted by Crippen LogP contribution is -2.46. The second-order valence-electron chi connectivity index (χ2n) is 7.67. The zero-order valence-electron chi connectivity index (χ0n) is 16.9. The molecule has 2 aromatic carbocycles. The molecule has 0 atom stereocenters. The molecule has 1 fully saturated rings. The molecule has 30 heavy (non-hydrogen) atoms. The standard InChI is InChI=1S/C23H25N7/c24-23-25-16-19(17-28-11-13-29(14-12-28)20-9-5-2-6-10-20)22-26-21(27-30(22)23)15-18-7-3-1-4-8-18/h1-10,16H,11-15,17H2,(H2,24,25). The zero-order valence-corrected chi connectivity index (χ0v) is 16.9. The van der Waals surface area contributed by atoms with E-state index >= 15 is 0 Å². The molecule has 1 aliphatic rings. The van der Waals surface area contributed by atoms with Crippen LogP contribution in [-0.4, -0.2) is 50.7 Å². The SMILES string of the molecule is Nc1ncc(CN2CCN(c3ccccc3)CC2)c2nc(Cc3ccccc3)nn12. The summed E-state index contributed by atoms with van der Waals surface area (Å²) in [6.07, 6.45) is 2.52. The average Bonchev–Trinajstić information content (AvgIpc) is 3.22. The fourth-order valence-electron chi connectivity index (χ4n) is 3.99. The van der Waals surface area contributed by atoms with Crippen molar-refractivity contribution in [1.29, 1.82) is 0 Å². The molecule has 0 saturated carbocycles. The molecule has 1 aliphatic heterocycles. The summed E-state index contributed by atoms with van der Waals surface area (Å²) in [5.74, 6) is 1.13. The quantitative estimate of drug-likeness (QED) is 0.556. The first-order chi connectivity index (χ1) is 14.8. The molecule has 2 N–H and O–H groups in total. The normalized spacial score (nSPS) is 15.0. The number of hydrogen-bond donors (Lipinski definition) is 1. The number of rotatable bonds is 5. The van der Waals surface area contributed by atoms with Crippen LogP contribution < -0.4 is 10.6 Å². The van der Waals surface area contributed by atoms with Crippen LogP contribution in [0.1, 0.15) is 17.0 Å². The maximum atomic E-state index is 6.08. The second kappa shape index (κ2) is 8.12. The van der Waals surface area contributed by atoms with Crippen molar-refractivity contribution < 1.29 is 0 Å². The van der Waals surface area contributed by atoms with Crippen LogP contribution in [0.5, 0.6) is 0 Å². The molecular weight excluding hydrogens is 374 g/mol. The molecule has 3 heterocycles. The number of nitrogen functional groups attached to an aromatic ring is 1. The Morgan fingerprint density at radius 3 is 2.30 bits per heavy atom. The van der Waals surface area contributed by atoms with Gasteiger partial charge >= 0.3 is 0 Å². The van der Waals surface area contributed by atoms with E-state index in [2.05, 4.69) is 62.3 Å². The molecule has 0 spiro atoms. The first-order valence-electron chi connectivity index (χ1n) is 10.3. The van der Waals surface area contributed by atoms with Crippen LogP contribution in [0.25, 0.3) is 5.65 Å². The van der Waals surface area contributed by atoms with Crippen molar-refractivity contribution >= 4 is 17.3 Å². The van der Waals surface area contributed by atoms with Gasteiger partial charge in [-0.2, -0.15) is 4.52 Å². The first-order valence-corrected chi connectivity index (χ1v) is 10.3. The van der Waals surface area contributed by atoms with Gasteiger partial charge in [-0.1, -0.05) is 48.5 Å². The Labute approximate surface area is 175 Å². The van der Waals surface area contributed by atoms with Gasteiger partial charge in [-0.3, -0.25) is 4.90 Å². The maximum Gasteiger partial charge on any atom is 0.223 e. The maximum absolute atomic E-state index is 6.08. The van der Waals surface area contributed by atoms with Crippen LogP contribution in [0.4, 0.5) is 11.6 Å². The molecule has 5 rings (SSSR count). The fraction of sp³-hybridized carbons (Fsp3) is 0.261. The van der Waals surface area contributed by atoms with E-state index in [4.69, 9.17) is 10.7 Å². The third kappa shape index (κ3) is 3.84. The van der Waals surface area contributed by atoms with Crippen molar-refractivity contribution in [3.8, 4) is 0 Å². The van der Waals surface area contributed by atoms with Crippen LogP contribution >= 0.6 is 0 Å². The van der Waals surface area contributed by atoms with Gasteiger partial charge in [-0.05, 0) is 17.7 Å². The summed E-state index contributed by atoms with van der Waals surface area (Å²) >= 11 is 0. The van der Waals surface area contributed by atoms with Crippen molar-refractivity contribution in [2.24, 2.45) is 0 Å². The number of aromatic nitrogens is 4. The number of piperazine rings is 1. The largest absolute Gasteiger partial charge is 0.369 e. The number of benzene rings is 2. The third-order valence-corrected chi connectivity index (χ3v) is 5.60. The van der Waals surface area contributed by atoms with E-state index < -0.39 is 0 Å². The number of nitrogens with zero attached hydrogens (tertiary/aromatic N) is 6. The van der Waals surface area contributed by atoms with Crippen LogP contribution in [0.3, 0.4) is 0 Å². The molecule has 7 heteroatoms. The number of hydrogen-bond acceptors (Lipinski definition) is 6. The molecule has 0 bridgehead atoms. The summed E-state index contributed by atoms with van der Waals surface area (Å²) in [6.45, 7) is 4.80. The van der Waals surface area contributed by atoms with Crippen LogP contribution in [0.15, 0.2) is 66.9 Å². The molecule has 0 unspecified atom stereocenters. The van der Waals surface area contributed by atoms with Crippen molar-refractivity contribution in [1.82, 2.24) is 24.5 Å². The Hall–Kier alpha value is -3.45. The van der Waals surface area contributed by atoms with Crippen molar-refractivity contribution in [2.45, 2.75) is 13.0 Å². The predicted octanol–water partition coefficient (Wildman–Crippen LogP) is 2.62. The summed E-state index contributed by atoms with van der Waals surface area (Å²) in [5, 5.41) is 4.60. The van der Waals surface area contributed by atoms with Crippen LogP contribution in [0, 0.1) is 0 Å². The van der Waals surface area contributed by atoms with Gasteiger partial charge in [0.15, 0.2) is 11.5 Å². The van der Waals surface area contributed by atoms with Crippen LogP contribution in [0.2, 0.25) is 0 Å². The van der Waals surface area contributed by atoms with Gasteiger partial charge in [-0.15, -0.1) is 5.10 Å². The van der Waals surface area contributed by atoms with Gasteiger partial charge in [0.1, 0.15) is 0 Å². The zero-order chi connectivity index (χ0) is 20.3. The van der Waals surface area contributed by atoms with Gasteiger partial charge in [0.2, 0.25) is 5.95 Å². The molecule has 152 valence electrons. The lowest BCUT2D eigenvalue weighted by molar-refractivity contribution is 0.250. The fourth-order valence-corrected chi connectivity index (χ4v) is 3.99. The summed E-state index contributed by atoms with van der Waals surface area (Å²) in [7, 11) is 0. The molecule has 4 aromatic rings. The Bertz CT molecular complexity index is 1120. The monoisotopic (exact) mass is 399 g/mol. The lowest BCUT2D eigenvalue weighted by Gasteiger charge is -2.36. The summed E-state index contributed by atoms with van der Waals surface area (Å²) in [4.78, 5) is 14.0. The van der Waals surface area contributed by atoms with E-state index in [-0.39, 0.29) is 0 Å². The highest BCUT2D eigenvalue weighted by atomic mass is 15.4. The van der Waals surface area contributed by atoms with Gasteiger partial charge in [-0.25, -0.2) is 9.97 Å². The van der Waals surface area contributed by atoms with E-state index in [1.807, 2.05) is 24.4 Å². The van der Waals surface area contributed by atoms with Crippen molar-refractivity contribution in [3.05, 3.63) is 83.8 Å². The van der Waals surface area contributed by atoms with E-state index in [9.17, 15) is 0 Å². The summed E-state index contributed by atoms with van der Waals surface area (Å²) < 4.78 is 1.67. The Morgan fingerprint density at radius 1 is 0.867 bits per heavy atom. The number of fused-ring (bicyclic) bond motifs is 1.